The van der Waals surface area contributed by atoms with Gasteiger partial charge in [-0.2, -0.15) is 0 Å². The van der Waals surface area contributed by atoms with Crippen LogP contribution in [0.5, 0.6) is 0 Å². The number of thiophene rings is 1. The Morgan fingerprint density at radius 1 is 1.56 bits per heavy atom. The van der Waals surface area contributed by atoms with Crippen molar-refractivity contribution in [3.63, 3.8) is 0 Å². The first-order valence-corrected chi connectivity index (χ1v) is 6.36. The second-order valence-corrected chi connectivity index (χ2v) is 4.59. The Balaban J connectivity index is 2.10. The van der Waals surface area contributed by atoms with E-state index in [9.17, 15) is 4.79 Å². The molecule has 2 N–H and O–H groups in total. The monoisotopic (exact) mass is 237 g/mol. The predicted molar refractivity (Wildman–Crippen MR) is 66.9 cm³/mol. The van der Waals surface area contributed by atoms with Gasteiger partial charge in [-0.3, -0.25) is 4.79 Å². The van der Waals surface area contributed by atoms with Crippen LogP contribution in [0.4, 0.5) is 0 Å². The molecule has 0 aliphatic heterocycles. The van der Waals surface area contributed by atoms with Gasteiger partial charge in [-0.1, -0.05) is 13.3 Å². The van der Waals surface area contributed by atoms with Crippen molar-refractivity contribution in [2.24, 2.45) is 0 Å². The van der Waals surface area contributed by atoms with Crippen molar-refractivity contribution in [1.29, 1.82) is 0 Å². The fourth-order valence-corrected chi connectivity index (χ4v) is 2.24. The number of aromatic nitrogens is 2. The molecule has 0 spiro atoms. The first-order valence-electron chi connectivity index (χ1n) is 5.48. The third-order valence-corrected chi connectivity index (χ3v) is 3.27. The Morgan fingerprint density at radius 3 is 3.25 bits per heavy atom. The van der Waals surface area contributed by atoms with E-state index in [1.54, 1.807) is 0 Å². The number of rotatable bonds is 5. The molecule has 0 radical (unpaired) electrons. The Bertz CT molecular complexity index is 517. The molecular formula is C11H15N3OS. The zero-order valence-electron chi connectivity index (χ0n) is 9.25. The molecule has 0 aromatic carbocycles. The molecule has 0 aliphatic carbocycles. The van der Waals surface area contributed by atoms with Crippen LogP contribution in [-0.2, 0) is 6.54 Å². The summed E-state index contributed by atoms with van der Waals surface area (Å²) >= 11 is 1.43. The average molecular weight is 237 g/mol. The van der Waals surface area contributed by atoms with Crippen LogP contribution in [-0.4, -0.2) is 16.5 Å². The number of aromatic amines is 1. The lowest BCUT2D eigenvalue weighted by Crippen LogP contribution is -2.19. The van der Waals surface area contributed by atoms with E-state index in [1.165, 1.54) is 17.8 Å². The number of fused-ring (bicyclic) bond motifs is 1. The van der Waals surface area contributed by atoms with Gasteiger partial charge in [-0.15, -0.1) is 11.3 Å². The zero-order valence-corrected chi connectivity index (χ0v) is 10.1. The first kappa shape index (κ1) is 11.3. The minimum atomic E-state index is -0.0349. The fraction of sp³-hybridized carbons (Fsp3) is 0.455. The zero-order chi connectivity index (χ0) is 11.4. The van der Waals surface area contributed by atoms with Gasteiger partial charge in [-0.25, -0.2) is 4.98 Å². The van der Waals surface area contributed by atoms with E-state index in [0.717, 1.165) is 18.5 Å². The second kappa shape index (κ2) is 5.23. The maximum Gasteiger partial charge on any atom is 0.268 e. The van der Waals surface area contributed by atoms with Gasteiger partial charge < -0.3 is 10.3 Å². The Labute approximate surface area is 97.7 Å². The van der Waals surface area contributed by atoms with Gasteiger partial charge in [-0.05, 0) is 24.4 Å². The summed E-state index contributed by atoms with van der Waals surface area (Å²) in [5.41, 5.74) is 0.758. The molecular weight excluding hydrogens is 222 g/mol. The van der Waals surface area contributed by atoms with Crippen molar-refractivity contribution in [2.45, 2.75) is 26.3 Å². The highest BCUT2D eigenvalue weighted by atomic mass is 32.1. The molecule has 0 amide bonds. The van der Waals surface area contributed by atoms with Crippen LogP contribution in [0.3, 0.4) is 0 Å². The van der Waals surface area contributed by atoms with Gasteiger partial charge in [0.25, 0.3) is 5.56 Å². The average Bonchev–Trinajstić information content (AvgIpc) is 2.73. The van der Waals surface area contributed by atoms with E-state index in [1.807, 2.05) is 11.4 Å². The van der Waals surface area contributed by atoms with Crippen LogP contribution >= 0.6 is 11.3 Å². The third-order valence-electron chi connectivity index (χ3n) is 2.36. The molecule has 2 aromatic heterocycles. The minimum absolute atomic E-state index is 0.0349. The molecule has 16 heavy (non-hydrogen) atoms. The lowest BCUT2D eigenvalue weighted by molar-refractivity contribution is 0.623. The normalized spacial score (nSPS) is 11.1. The maximum atomic E-state index is 11.6. The van der Waals surface area contributed by atoms with Crippen LogP contribution in [0.25, 0.3) is 10.2 Å². The molecule has 2 aromatic rings. The lowest BCUT2D eigenvalue weighted by atomic mass is 10.3. The summed E-state index contributed by atoms with van der Waals surface area (Å²) in [7, 11) is 0. The maximum absolute atomic E-state index is 11.6. The summed E-state index contributed by atoms with van der Waals surface area (Å²) in [6.07, 6.45) is 2.31. The molecule has 4 nitrogen and oxygen atoms in total. The van der Waals surface area contributed by atoms with Crippen molar-refractivity contribution in [2.75, 3.05) is 6.54 Å². The van der Waals surface area contributed by atoms with Crippen molar-refractivity contribution in [1.82, 2.24) is 15.3 Å². The molecule has 0 unspecified atom stereocenters. The SMILES string of the molecule is CCCCNCc1nc2ccsc2c(=O)[nH]1. The molecule has 5 heteroatoms. The summed E-state index contributed by atoms with van der Waals surface area (Å²) in [5.74, 6) is 0.715. The first-order chi connectivity index (χ1) is 7.81. The number of hydrogen-bond acceptors (Lipinski definition) is 4. The number of nitrogens with zero attached hydrogens (tertiary/aromatic N) is 1. The molecule has 0 bridgehead atoms. The molecule has 2 heterocycles. The fourth-order valence-electron chi connectivity index (χ4n) is 1.51. The predicted octanol–water partition coefficient (Wildman–Crippen LogP) is 1.87. The van der Waals surface area contributed by atoms with E-state index >= 15 is 0 Å². The van der Waals surface area contributed by atoms with E-state index in [2.05, 4.69) is 22.2 Å². The van der Waals surface area contributed by atoms with Crippen LogP contribution in [0.15, 0.2) is 16.2 Å². The number of nitrogens with one attached hydrogen (secondary N) is 2. The highest BCUT2D eigenvalue weighted by molar-refractivity contribution is 7.17. The number of unbranched alkanes of at least 4 members (excludes halogenated alkanes) is 1. The molecule has 0 aliphatic rings. The van der Waals surface area contributed by atoms with Gasteiger partial charge in [0.05, 0.1) is 12.1 Å². The number of H-pyrrole nitrogens is 1. The minimum Gasteiger partial charge on any atom is -0.310 e. The van der Waals surface area contributed by atoms with Crippen LogP contribution in [0.1, 0.15) is 25.6 Å². The van der Waals surface area contributed by atoms with E-state index in [4.69, 9.17) is 0 Å². The summed E-state index contributed by atoms with van der Waals surface area (Å²) in [4.78, 5) is 18.8. The van der Waals surface area contributed by atoms with Crippen LogP contribution in [0.2, 0.25) is 0 Å². The standard InChI is InChI=1S/C11H15N3OS/c1-2-3-5-12-7-9-13-8-4-6-16-10(8)11(15)14-9/h4,6,12H,2-3,5,7H2,1H3,(H,13,14,15). The highest BCUT2D eigenvalue weighted by Crippen LogP contribution is 2.13. The van der Waals surface area contributed by atoms with E-state index in [-0.39, 0.29) is 5.56 Å². The van der Waals surface area contributed by atoms with Gasteiger partial charge in [0, 0.05) is 0 Å². The summed E-state index contributed by atoms with van der Waals surface area (Å²) in [6, 6.07) is 1.88. The van der Waals surface area contributed by atoms with E-state index in [0.29, 0.717) is 17.1 Å². The summed E-state index contributed by atoms with van der Waals surface area (Å²) < 4.78 is 0.706. The van der Waals surface area contributed by atoms with Crippen molar-refractivity contribution in [3.05, 3.63) is 27.6 Å². The Hall–Kier alpha value is -1.20. The third kappa shape index (κ3) is 2.48. The molecule has 86 valence electrons. The van der Waals surface area contributed by atoms with Gasteiger partial charge in [0.15, 0.2) is 0 Å². The quantitative estimate of drug-likeness (QED) is 0.781. The summed E-state index contributed by atoms with van der Waals surface area (Å²) in [6.45, 7) is 3.74. The van der Waals surface area contributed by atoms with Crippen molar-refractivity contribution in [3.8, 4) is 0 Å². The molecule has 0 fully saturated rings. The van der Waals surface area contributed by atoms with Gasteiger partial charge in [0.2, 0.25) is 0 Å². The molecule has 2 rings (SSSR count). The highest BCUT2D eigenvalue weighted by Gasteiger charge is 2.03. The molecule has 0 saturated heterocycles. The van der Waals surface area contributed by atoms with Gasteiger partial charge >= 0.3 is 0 Å². The molecule has 0 atom stereocenters. The Morgan fingerprint density at radius 2 is 2.44 bits per heavy atom. The largest absolute Gasteiger partial charge is 0.310 e. The lowest BCUT2D eigenvalue weighted by Gasteiger charge is -2.02. The topological polar surface area (TPSA) is 57.8 Å². The van der Waals surface area contributed by atoms with Crippen molar-refractivity contribution < 1.29 is 0 Å². The summed E-state index contributed by atoms with van der Waals surface area (Å²) in [5, 5.41) is 5.15. The molecule has 0 saturated carbocycles. The van der Waals surface area contributed by atoms with Gasteiger partial charge in [0.1, 0.15) is 10.5 Å². The van der Waals surface area contributed by atoms with Crippen LogP contribution in [0, 0.1) is 0 Å². The van der Waals surface area contributed by atoms with E-state index < -0.39 is 0 Å². The smallest absolute Gasteiger partial charge is 0.268 e. The second-order valence-electron chi connectivity index (χ2n) is 3.68. The van der Waals surface area contributed by atoms with Crippen molar-refractivity contribution >= 4 is 21.6 Å². The Kier molecular flexibility index (Phi) is 3.69. The number of hydrogen-bond donors (Lipinski definition) is 2. The van der Waals surface area contributed by atoms with Crippen LogP contribution < -0.4 is 10.9 Å².